The first kappa shape index (κ1) is 17.4. The lowest BCUT2D eigenvalue weighted by Gasteiger charge is -2.24. The number of benzene rings is 2. The number of aryl methyl sites for hydroxylation is 1. The Hall–Kier alpha value is -2.46. The minimum absolute atomic E-state index is 0.0841. The van der Waals surface area contributed by atoms with Gasteiger partial charge in [-0.25, -0.2) is 4.98 Å². The molecule has 1 amide bonds. The monoisotopic (exact) mass is 349 g/mol. The number of amides is 1. The lowest BCUT2D eigenvalue weighted by molar-refractivity contribution is 0.0754. The van der Waals surface area contributed by atoms with E-state index >= 15 is 0 Å². The average Bonchev–Trinajstić information content (AvgIpc) is 3.04. The Balaban J connectivity index is 1.83. The highest BCUT2D eigenvalue weighted by Crippen LogP contribution is 2.31. The van der Waals surface area contributed by atoms with Gasteiger partial charge in [0.25, 0.3) is 5.91 Å². The van der Waals surface area contributed by atoms with E-state index in [2.05, 4.69) is 24.0 Å². The van der Waals surface area contributed by atoms with Crippen LogP contribution in [0, 0.1) is 13.8 Å². The van der Waals surface area contributed by atoms with Crippen molar-refractivity contribution < 1.29 is 4.79 Å². The van der Waals surface area contributed by atoms with Crippen molar-refractivity contribution in [2.45, 2.75) is 19.4 Å². The molecule has 2 aromatic carbocycles. The summed E-state index contributed by atoms with van der Waals surface area (Å²) in [5.41, 5.74) is 2.70. The molecule has 1 atom stereocenters. The maximum Gasteiger partial charge on any atom is 0.273 e. The van der Waals surface area contributed by atoms with E-state index in [4.69, 9.17) is 0 Å². The number of thiazole rings is 1. The van der Waals surface area contributed by atoms with Crippen LogP contribution in [0.3, 0.4) is 0 Å². The highest BCUT2D eigenvalue weighted by Gasteiger charge is 2.24. The van der Waals surface area contributed by atoms with E-state index in [-0.39, 0.29) is 11.9 Å². The Bertz CT molecular complexity index is 843. The van der Waals surface area contributed by atoms with E-state index in [0.29, 0.717) is 12.1 Å². The fourth-order valence-corrected chi connectivity index (χ4v) is 3.63. The van der Waals surface area contributed by atoms with Gasteiger partial charge in [0.1, 0.15) is 5.69 Å². The third-order valence-electron chi connectivity index (χ3n) is 4.15. The molecule has 1 radical (unpaired) electrons. The van der Waals surface area contributed by atoms with E-state index in [1.54, 1.807) is 23.3 Å². The SMILES string of the molecule is [CH2]C(Cc1ccccc1)N(C)C(=O)c1nc(C)sc1-c1ccccc1. The summed E-state index contributed by atoms with van der Waals surface area (Å²) in [5, 5.41) is 0.888. The molecule has 3 rings (SSSR count). The van der Waals surface area contributed by atoms with Gasteiger partial charge in [0.2, 0.25) is 0 Å². The normalized spacial score (nSPS) is 12.0. The number of hydrogen-bond donors (Lipinski definition) is 0. The standard InChI is InChI=1S/C21H21N2OS/c1-15(14-17-10-6-4-7-11-17)23(3)21(24)19-20(25-16(2)22-19)18-12-8-5-9-13-18/h4-13,15H,1,14H2,2-3H3. The van der Waals surface area contributed by atoms with Gasteiger partial charge in [0, 0.05) is 13.1 Å². The van der Waals surface area contributed by atoms with Crippen molar-refractivity contribution >= 4 is 17.2 Å². The third kappa shape index (κ3) is 3.97. The Morgan fingerprint density at radius 2 is 1.72 bits per heavy atom. The lowest BCUT2D eigenvalue weighted by atomic mass is 10.1. The predicted molar refractivity (Wildman–Crippen MR) is 104 cm³/mol. The van der Waals surface area contributed by atoms with Crippen LogP contribution < -0.4 is 0 Å². The highest BCUT2D eigenvalue weighted by atomic mass is 32.1. The molecule has 25 heavy (non-hydrogen) atoms. The van der Waals surface area contributed by atoms with Crippen LogP contribution >= 0.6 is 11.3 Å². The summed E-state index contributed by atoms with van der Waals surface area (Å²) in [6.07, 6.45) is 0.715. The summed E-state index contributed by atoms with van der Waals surface area (Å²) >= 11 is 1.55. The molecule has 0 aliphatic carbocycles. The summed E-state index contributed by atoms with van der Waals surface area (Å²) in [6, 6.07) is 19.9. The van der Waals surface area contributed by atoms with Crippen molar-refractivity contribution in [3.05, 3.63) is 83.9 Å². The van der Waals surface area contributed by atoms with E-state index < -0.39 is 0 Å². The Morgan fingerprint density at radius 3 is 2.36 bits per heavy atom. The quantitative estimate of drug-likeness (QED) is 0.672. The predicted octanol–water partition coefficient (Wildman–Crippen LogP) is 4.64. The molecule has 1 aromatic heterocycles. The molecule has 1 heterocycles. The Kier molecular flexibility index (Phi) is 5.29. The van der Waals surface area contributed by atoms with Gasteiger partial charge in [0.05, 0.1) is 9.88 Å². The molecule has 0 N–H and O–H groups in total. The second-order valence-corrected chi connectivity index (χ2v) is 7.24. The second kappa shape index (κ2) is 7.62. The zero-order valence-corrected chi connectivity index (χ0v) is 15.3. The maximum absolute atomic E-state index is 13.0. The van der Waals surface area contributed by atoms with E-state index in [0.717, 1.165) is 15.4 Å². The number of carbonyl (C=O) groups excluding carboxylic acids is 1. The molecule has 0 bridgehead atoms. The zero-order valence-electron chi connectivity index (χ0n) is 14.5. The Morgan fingerprint density at radius 1 is 1.12 bits per heavy atom. The van der Waals surface area contributed by atoms with Crippen LogP contribution in [0.2, 0.25) is 0 Å². The number of hydrogen-bond acceptors (Lipinski definition) is 3. The topological polar surface area (TPSA) is 33.2 Å². The van der Waals surface area contributed by atoms with E-state index in [1.807, 2.05) is 55.5 Å². The second-order valence-electron chi connectivity index (χ2n) is 6.04. The molecular weight excluding hydrogens is 328 g/mol. The average molecular weight is 349 g/mol. The zero-order chi connectivity index (χ0) is 17.8. The van der Waals surface area contributed by atoms with Crippen molar-refractivity contribution in [1.29, 1.82) is 0 Å². The molecule has 127 valence electrons. The van der Waals surface area contributed by atoms with Gasteiger partial charge in [-0.05, 0) is 31.4 Å². The molecule has 0 aliphatic rings. The van der Waals surface area contributed by atoms with Crippen LogP contribution in [0.25, 0.3) is 10.4 Å². The first-order valence-corrected chi connectivity index (χ1v) is 9.05. The van der Waals surface area contributed by atoms with Gasteiger partial charge >= 0.3 is 0 Å². The van der Waals surface area contributed by atoms with Crippen molar-refractivity contribution in [3.8, 4) is 10.4 Å². The number of nitrogens with zero attached hydrogens (tertiary/aromatic N) is 2. The van der Waals surface area contributed by atoms with Crippen LogP contribution in [-0.4, -0.2) is 28.9 Å². The number of likely N-dealkylation sites (N-methyl/N-ethyl adjacent to an activating group) is 1. The van der Waals surface area contributed by atoms with Gasteiger partial charge in [-0.3, -0.25) is 4.79 Å². The highest BCUT2D eigenvalue weighted by molar-refractivity contribution is 7.15. The smallest absolute Gasteiger partial charge is 0.273 e. The van der Waals surface area contributed by atoms with Gasteiger partial charge < -0.3 is 4.90 Å². The summed E-state index contributed by atoms with van der Waals surface area (Å²) in [7, 11) is 1.80. The first-order chi connectivity index (χ1) is 12.1. The van der Waals surface area contributed by atoms with Crippen LogP contribution in [-0.2, 0) is 6.42 Å². The summed E-state index contributed by atoms with van der Waals surface area (Å²) in [4.78, 5) is 20.1. The number of rotatable bonds is 5. The largest absolute Gasteiger partial charge is 0.337 e. The third-order valence-corrected chi connectivity index (χ3v) is 5.17. The van der Waals surface area contributed by atoms with Crippen molar-refractivity contribution in [1.82, 2.24) is 9.88 Å². The van der Waals surface area contributed by atoms with Gasteiger partial charge in [-0.2, -0.15) is 0 Å². The molecule has 4 heteroatoms. The van der Waals surface area contributed by atoms with Crippen molar-refractivity contribution in [2.24, 2.45) is 0 Å². The summed E-state index contributed by atoms with van der Waals surface area (Å²) in [5.74, 6) is -0.0841. The number of aromatic nitrogens is 1. The Labute approximate surface area is 153 Å². The lowest BCUT2D eigenvalue weighted by Crippen LogP contribution is -2.37. The maximum atomic E-state index is 13.0. The summed E-state index contributed by atoms with van der Waals surface area (Å²) in [6.45, 7) is 6.10. The fourth-order valence-electron chi connectivity index (χ4n) is 2.71. The number of carbonyl (C=O) groups is 1. The van der Waals surface area contributed by atoms with Crippen LogP contribution in [0.4, 0.5) is 0 Å². The molecule has 0 fully saturated rings. The van der Waals surface area contributed by atoms with Crippen molar-refractivity contribution in [3.63, 3.8) is 0 Å². The van der Waals surface area contributed by atoms with E-state index in [1.165, 1.54) is 5.56 Å². The molecule has 0 saturated heterocycles. The van der Waals surface area contributed by atoms with Crippen LogP contribution in [0.1, 0.15) is 21.1 Å². The van der Waals surface area contributed by atoms with Crippen LogP contribution in [0.5, 0.6) is 0 Å². The van der Waals surface area contributed by atoms with Gasteiger partial charge in [-0.15, -0.1) is 11.3 Å². The fraction of sp³-hybridized carbons (Fsp3) is 0.190. The summed E-state index contributed by atoms with van der Waals surface area (Å²) < 4.78 is 0. The molecule has 0 aliphatic heterocycles. The molecule has 3 nitrogen and oxygen atoms in total. The molecule has 1 unspecified atom stereocenters. The molecular formula is C21H21N2OS. The van der Waals surface area contributed by atoms with Crippen LogP contribution in [0.15, 0.2) is 60.7 Å². The molecule has 0 saturated carbocycles. The first-order valence-electron chi connectivity index (χ1n) is 8.23. The minimum Gasteiger partial charge on any atom is -0.337 e. The van der Waals surface area contributed by atoms with Gasteiger partial charge in [0.15, 0.2) is 0 Å². The molecule has 3 aromatic rings. The minimum atomic E-state index is -0.152. The molecule has 0 spiro atoms. The van der Waals surface area contributed by atoms with E-state index in [9.17, 15) is 4.79 Å². The van der Waals surface area contributed by atoms with Gasteiger partial charge in [-0.1, -0.05) is 60.7 Å². The van der Waals surface area contributed by atoms with Crippen molar-refractivity contribution in [2.75, 3.05) is 7.05 Å².